The maximum Gasteiger partial charge on any atom is 0.294 e. The summed E-state index contributed by atoms with van der Waals surface area (Å²) in [4.78, 5) is -0.0853. The molecule has 0 saturated carbocycles. The number of hydrogen-bond donors (Lipinski definition) is 1. The minimum Gasteiger partial charge on any atom is -0.348 e. The van der Waals surface area contributed by atoms with Crippen LogP contribution in [0, 0.1) is 0 Å². The van der Waals surface area contributed by atoms with Crippen molar-refractivity contribution in [2.24, 2.45) is 0 Å². The molecule has 19 heavy (non-hydrogen) atoms. The Morgan fingerprint density at radius 2 is 1.95 bits per heavy atom. The van der Waals surface area contributed by atoms with Crippen molar-refractivity contribution in [3.8, 4) is 0 Å². The van der Waals surface area contributed by atoms with E-state index >= 15 is 0 Å². The van der Waals surface area contributed by atoms with E-state index < -0.39 is 15.9 Å². The third-order valence-electron chi connectivity index (χ3n) is 3.04. The van der Waals surface area contributed by atoms with Gasteiger partial charge in [0.25, 0.3) is 10.1 Å². The molecule has 1 N–H and O–H groups in total. The lowest BCUT2D eigenvalue weighted by Gasteiger charge is -2.17. The van der Waals surface area contributed by atoms with Gasteiger partial charge in [-0.05, 0) is 44.4 Å². The second-order valence-corrected chi connectivity index (χ2v) is 6.53. The van der Waals surface area contributed by atoms with Crippen LogP contribution in [0.15, 0.2) is 29.2 Å². The molecule has 0 spiro atoms. The summed E-state index contributed by atoms with van der Waals surface area (Å²) in [6.07, 6.45) is 1.65. The van der Waals surface area contributed by atoms with E-state index in [2.05, 4.69) is 0 Å². The smallest absolute Gasteiger partial charge is 0.294 e. The molecule has 0 unspecified atom stereocenters. The van der Waals surface area contributed by atoms with Gasteiger partial charge in [-0.2, -0.15) is 8.42 Å². The minimum absolute atomic E-state index is 0.0660. The zero-order valence-corrected chi connectivity index (χ0v) is 11.8. The predicted octanol–water partition coefficient (Wildman–Crippen LogP) is 2.02. The number of rotatable bonds is 4. The van der Waals surface area contributed by atoms with Crippen LogP contribution in [0.4, 0.5) is 0 Å². The predicted molar refractivity (Wildman–Crippen MR) is 69.5 cm³/mol. The summed E-state index contributed by atoms with van der Waals surface area (Å²) in [5, 5.41) is 0. The molecule has 2 rings (SSSR count). The Hall–Kier alpha value is -0.950. The first-order valence-electron chi connectivity index (χ1n) is 6.14. The molecule has 6 heteroatoms. The van der Waals surface area contributed by atoms with Gasteiger partial charge in [0.2, 0.25) is 0 Å². The molecule has 1 aliphatic rings. The second-order valence-electron chi connectivity index (χ2n) is 5.11. The van der Waals surface area contributed by atoms with Crippen molar-refractivity contribution in [2.75, 3.05) is 6.61 Å². The molecule has 0 bridgehead atoms. The van der Waals surface area contributed by atoms with Crippen LogP contribution in [-0.2, 0) is 26.0 Å². The van der Waals surface area contributed by atoms with Crippen molar-refractivity contribution in [2.45, 2.75) is 43.5 Å². The highest BCUT2D eigenvalue weighted by molar-refractivity contribution is 7.85. The van der Waals surface area contributed by atoms with Gasteiger partial charge in [-0.3, -0.25) is 4.55 Å². The van der Waals surface area contributed by atoms with Gasteiger partial charge in [0, 0.05) is 0 Å². The fourth-order valence-electron chi connectivity index (χ4n) is 2.06. The number of hydrogen-bond acceptors (Lipinski definition) is 4. The van der Waals surface area contributed by atoms with Crippen molar-refractivity contribution in [3.05, 3.63) is 29.8 Å². The standard InChI is InChI=1S/C13H18O5S/c1-13(2)17-9-11(18-13)6-3-10-4-7-12(8-5-10)19(14,15)16/h4-5,7-8,11H,3,6,9H2,1-2H3,(H,14,15,16)/t11-/m0/s1. The van der Waals surface area contributed by atoms with Gasteiger partial charge in [-0.25, -0.2) is 0 Å². The molecule has 0 aliphatic carbocycles. The SMILES string of the molecule is CC1(C)OC[C@H](CCc2ccc(S(=O)(=O)O)cc2)O1. The zero-order valence-electron chi connectivity index (χ0n) is 11.0. The molecule has 1 atom stereocenters. The van der Waals surface area contributed by atoms with Gasteiger partial charge in [-0.1, -0.05) is 12.1 Å². The molecule has 5 nitrogen and oxygen atoms in total. The van der Waals surface area contributed by atoms with Crippen LogP contribution < -0.4 is 0 Å². The van der Waals surface area contributed by atoms with Crippen LogP contribution in [0.1, 0.15) is 25.8 Å². The molecule has 0 radical (unpaired) electrons. The normalized spacial score (nSPS) is 22.6. The topological polar surface area (TPSA) is 72.8 Å². The van der Waals surface area contributed by atoms with Crippen LogP contribution in [0.5, 0.6) is 0 Å². The first-order valence-corrected chi connectivity index (χ1v) is 7.58. The maximum atomic E-state index is 10.9. The van der Waals surface area contributed by atoms with E-state index in [9.17, 15) is 8.42 Å². The Balaban J connectivity index is 1.91. The van der Waals surface area contributed by atoms with Crippen LogP contribution in [0.25, 0.3) is 0 Å². The van der Waals surface area contributed by atoms with Crippen LogP contribution in [0.3, 0.4) is 0 Å². The molecule has 1 aromatic rings. The Kier molecular flexibility index (Phi) is 3.96. The fraction of sp³-hybridized carbons (Fsp3) is 0.538. The van der Waals surface area contributed by atoms with E-state index in [-0.39, 0.29) is 11.0 Å². The van der Waals surface area contributed by atoms with Crippen molar-refractivity contribution >= 4 is 10.1 Å². The quantitative estimate of drug-likeness (QED) is 0.857. The maximum absolute atomic E-state index is 10.9. The van der Waals surface area contributed by atoms with Gasteiger partial charge < -0.3 is 9.47 Å². The van der Waals surface area contributed by atoms with E-state index in [4.69, 9.17) is 14.0 Å². The van der Waals surface area contributed by atoms with Crippen molar-refractivity contribution < 1.29 is 22.4 Å². The summed E-state index contributed by atoms with van der Waals surface area (Å²) in [5.74, 6) is -0.514. The van der Waals surface area contributed by atoms with Crippen molar-refractivity contribution in [3.63, 3.8) is 0 Å². The average molecular weight is 286 g/mol. The molecule has 1 aliphatic heterocycles. The Bertz CT molecular complexity index is 533. The Labute approximate surface area is 113 Å². The van der Waals surface area contributed by atoms with E-state index in [0.717, 1.165) is 18.4 Å². The molecule has 1 fully saturated rings. The highest BCUT2D eigenvalue weighted by Crippen LogP contribution is 2.25. The van der Waals surface area contributed by atoms with Gasteiger partial charge >= 0.3 is 0 Å². The van der Waals surface area contributed by atoms with Crippen LogP contribution in [0.2, 0.25) is 0 Å². The lowest BCUT2D eigenvalue weighted by molar-refractivity contribution is -0.138. The summed E-state index contributed by atoms with van der Waals surface area (Å²) >= 11 is 0. The largest absolute Gasteiger partial charge is 0.348 e. The minimum atomic E-state index is -4.11. The van der Waals surface area contributed by atoms with E-state index in [0.29, 0.717) is 6.61 Å². The van der Waals surface area contributed by atoms with Gasteiger partial charge in [0.1, 0.15) is 0 Å². The summed E-state index contributed by atoms with van der Waals surface area (Å²) in [6, 6.07) is 6.20. The molecule has 0 amide bonds. The second kappa shape index (κ2) is 5.20. The molecule has 1 aromatic carbocycles. The lowest BCUT2D eigenvalue weighted by Crippen LogP contribution is -2.21. The highest BCUT2D eigenvalue weighted by Gasteiger charge is 2.32. The van der Waals surface area contributed by atoms with E-state index in [1.165, 1.54) is 12.1 Å². The Morgan fingerprint density at radius 3 is 2.42 bits per heavy atom. The first-order chi connectivity index (χ1) is 8.76. The molecular formula is C13H18O5S. The summed E-state index contributed by atoms with van der Waals surface area (Å²) < 4.78 is 41.8. The van der Waals surface area contributed by atoms with Gasteiger partial charge in [-0.15, -0.1) is 0 Å². The number of aryl methyl sites for hydroxylation is 1. The fourth-order valence-corrected chi connectivity index (χ4v) is 2.54. The lowest BCUT2D eigenvalue weighted by atomic mass is 10.1. The van der Waals surface area contributed by atoms with Crippen molar-refractivity contribution in [1.29, 1.82) is 0 Å². The molecule has 1 heterocycles. The zero-order chi connectivity index (χ0) is 14.1. The molecule has 1 saturated heterocycles. The monoisotopic (exact) mass is 286 g/mol. The van der Waals surface area contributed by atoms with Gasteiger partial charge in [0.15, 0.2) is 5.79 Å². The van der Waals surface area contributed by atoms with Gasteiger partial charge in [0.05, 0.1) is 17.6 Å². The Morgan fingerprint density at radius 1 is 1.32 bits per heavy atom. The third-order valence-corrected chi connectivity index (χ3v) is 3.91. The first kappa shape index (κ1) is 14.5. The number of ether oxygens (including phenoxy) is 2. The summed E-state index contributed by atoms with van der Waals surface area (Å²) in [5.41, 5.74) is 1.00. The molecule has 106 valence electrons. The third kappa shape index (κ3) is 4.01. The molecular weight excluding hydrogens is 268 g/mol. The summed E-state index contributed by atoms with van der Waals surface area (Å²) in [7, 11) is -4.11. The average Bonchev–Trinajstić information content (AvgIpc) is 2.66. The van der Waals surface area contributed by atoms with E-state index in [1.807, 2.05) is 13.8 Å². The van der Waals surface area contributed by atoms with Crippen molar-refractivity contribution in [1.82, 2.24) is 0 Å². The van der Waals surface area contributed by atoms with Crippen LogP contribution >= 0.6 is 0 Å². The van der Waals surface area contributed by atoms with Crippen LogP contribution in [-0.4, -0.2) is 31.5 Å². The highest BCUT2D eigenvalue weighted by atomic mass is 32.2. The molecule has 0 aromatic heterocycles. The van der Waals surface area contributed by atoms with E-state index in [1.54, 1.807) is 12.1 Å². The summed E-state index contributed by atoms with van der Waals surface area (Å²) in [6.45, 7) is 4.35. The number of benzene rings is 1.